The Morgan fingerprint density at radius 1 is 1.17 bits per heavy atom. The first-order chi connectivity index (χ1) is 14.6. The maximum absolute atomic E-state index is 12.3. The number of carbonyl (C=O) groups excluding carboxylic acids is 1. The van der Waals surface area contributed by atoms with Crippen LogP contribution in [0.3, 0.4) is 0 Å². The highest BCUT2D eigenvalue weighted by atomic mass is 16.5. The monoisotopic (exact) mass is 404 g/mol. The highest BCUT2D eigenvalue weighted by Crippen LogP contribution is 2.21. The lowest BCUT2D eigenvalue weighted by Crippen LogP contribution is -2.18. The molecule has 2 aromatic carbocycles. The van der Waals surface area contributed by atoms with Crippen molar-refractivity contribution in [3.8, 4) is 17.0 Å². The fourth-order valence-electron chi connectivity index (χ4n) is 2.83. The van der Waals surface area contributed by atoms with Gasteiger partial charge in [-0.05, 0) is 53.8 Å². The van der Waals surface area contributed by atoms with E-state index in [1.54, 1.807) is 12.3 Å². The van der Waals surface area contributed by atoms with Crippen molar-refractivity contribution in [3.05, 3.63) is 71.4 Å². The lowest BCUT2D eigenvalue weighted by molar-refractivity contribution is 0.0950. The molecule has 0 aliphatic carbocycles. The van der Waals surface area contributed by atoms with E-state index in [0.29, 0.717) is 23.9 Å². The molecular formula is C24H28N4O2. The van der Waals surface area contributed by atoms with Crippen LogP contribution in [0.2, 0.25) is 0 Å². The number of ether oxygens (including phenoxy) is 1. The average Bonchev–Trinajstić information content (AvgIpc) is 3.25. The van der Waals surface area contributed by atoms with E-state index in [0.717, 1.165) is 29.7 Å². The smallest absolute Gasteiger partial charge is 0.289 e. The minimum atomic E-state index is -0.344. The number of hydrazone groups is 1. The van der Waals surface area contributed by atoms with E-state index in [2.05, 4.69) is 53.6 Å². The molecule has 0 saturated heterocycles. The molecule has 3 rings (SSSR count). The minimum Gasteiger partial charge on any atom is -0.494 e. The van der Waals surface area contributed by atoms with Gasteiger partial charge in [0.1, 0.15) is 11.4 Å². The number of hydrogen-bond acceptors (Lipinski definition) is 4. The summed E-state index contributed by atoms with van der Waals surface area (Å²) in [5, 5.41) is 11.0. The van der Waals surface area contributed by atoms with Crippen LogP contribution < -0.4 is 10.2 Å². The predicted octanol–water partition coefficient (Wildman–Crippen LogP) is 5.14. The van der Waals surface area contributed by atoms with Gasteiger partial charge in [-0.1, -0.05) is 51.5 Å². The first-order valence-electron chi connectivity index (χ1n) is 10.3. The van der Waals surface area contributed by atoms with E-state index in [1.807, 2.05) is 36.4 Å². The molecule has 0 aliphatic heterocycles. The number of hydrogen-bond donors (Lipinski definition) is 2. The molecule has 1 amide bonds. The third-order valence-electron chi connectivity index (χ3n) is 4.72. The summed E-state index contributed by atoms with van der Waals surface area (Å²) >= 11 is 0. The van der Waals surface area contributed by atoms with E-state index < -0.39 is 0 Å². The van der Waals surface area contributed by atoms with Gasteiger partial charge in [-0.25, -0.2) is 5.43 Å². The van der Waals surface area contributed by atoms with Gasteiger partial charge in [0.25, 0.3) is 5.91 Å². The SMILES string of the molecule is CCCCOc1ccc(-c2cc(C(=O)N/N=C/c3ccc(C(C)C)cc3)[nH]n2)cc1. The Kier molecular flexibility index (Phi) is 7.38. The highest BCUT2D eigenvalue weighted by Gasteiger charge is 2.10. The maximum atomic E-state index is 12.3. The van der Waals surface area contributed by atoms with Crippen molar-refractivity contribution in [1.82, 2.24) is 15.6 Å². The first-order valence-corrected chi connectivity index (χ1v) is 10.3. The number of amides is 1. The Hall–Kier alpha value is -3.41. The fraction of sp³-hybridized carbons (Fsp3) is 0.292. The minimum absolute atomic E-state index is 0.344. The first kappa shape index (κ1) is 21.3. The molecule has 6 nitrogen and oxygen atoms in total. The molecule has 1 heterocycles. The van der Waals surface area contributed by atoms with Crippen molar-refractivity contribution in [2.75, 3.05) is 6.61 Å². The second-order valence-electron chi connectivity index (χ2n) is 7.41. The van der Waals surface area contributed by atoms with Crippen molar-refractivity contribution in [2.45, 2.75) is 39.5 Å². The summed E-state index contributed by atoms with van der Waals surface area (Å²) < 4.78 is 5.67. The molecule has 2 N–H and O–H groups in total. The Bertz CT molecular complexity index is 973. The summed E-state index contributed by atoms with van der Waals surface area (Å²) in [4.78, 5) is 12.3. The van der Waals surface area contributed by atoms with E-state index in [-0.39, 0.29) is 5.91 Å². The Morgan fingerprint density at radius 3 is 2.57 bits per heavy atom. The van der Waals surface area contributed by atoms with E-state index in [4.69, 9.17) is 4.74 Å². The molecule has 1 aromatic heterocycles. The van der Waals surface area contributed by atoms with Gasteiger partial charge in [-0.15, -0.1) is 0 Å². The van der Waals surface area contributed by atoms with Crippen molar-refractivity contribution in [1.29, 1.82) is 0 Å². The van der Waals surface area contributed by atoms with Gasteiger partial charge in [0.05, 0.1) is 18.5 Å². The van der Waals surface area contributed by atoms with Crippen LogP contribution in [0.1, 0.15) is 61.1 Å². The standard InChI is InChI=1S/C24H28N4O2/c1-4-5-14-30-21-12-10-20(11-13-21)22-15-23(27-26-22)24(29)28-25-16-18-6-8-19(9-7-18)17(2)3/h6-13,15-17H,4-5,14H2,1-3H3,(H,26,27)(H,28,29)/b25-16+. The molecule has 0 aliphatic rings. The van der Waals surface area contributed by atoms with Crippen LogP contribution in [0.5, 0.6) is 5.75 Å². The van der Waals surface area contributed by atoms with Crippen molar-refractivity contribution in [2.24, 2.45) is 5.10 Å². The lowest BCUT2D eigenvalue weighted by atomic mass is 10.0. The maximum Gasteiger partial charge on any atom is 0.289 e. The molecule has 0 bridgehead atoms. The Morgan fingerprint density at radius 2 is 1.90 bits per heavy atom. The molecule has 30 heavy (non-hydrogen) atoms. The summed E-state index contributed by atoms with van der Waals surface area (Å²) in [7, 11) is 0. The normalized spacial score (nSPS) is 11.2. The number of aromatic nitrogens is 2. The zero-order valence-corrected chi connectivity index (χ0v) is 17.7. The molecule has 0 saturated carbocycles. The number of aromatic amines is 1. The zero-order valence-electron chi connectivity index (χ0n) is 17.7. The topological polar surface area (TPSA) is 79.4 Å². The molecule has 0 unspecified atom stereocenters. The molecule has 0 radical (unpaired) electrons. The van der Waals surface area contributed by atoms with Crippen molar-refractivity contribution in [3.63, 3.8) is 0 Å². The number of benzene rings is 2. The number of H-pyrrole nitrogens is 1. The number of rotatable bonds is 9. The molecule has 156 valence electrons. The van der Waals surface area contributed by atoms with Crippen LogP contribution in [0, 0.1) is 0 Å². The summed E-state index contributed by atoms with van der Waals surface area (Å²) in [6.45, 7) is 7.15. The fourth-order valence-corrected chi connectivity index (χ4v) is 2.83. The highest BCUT2D eigenvalue weighted by molar-refractivity contribution is 5.94. The van der Waals surface area contributed by atoms with Crippen LogP contribution in [0.15, 0.2) is 59.7 Å². The van der Waals surface area contributed by atoms with E-state index >= 15 is 0 Å². The van der Waals surface area contributed by atoms with Gasteiger partial charge >= 0.3 is 0 Å². The van der Waals surface area contributed by atoms with Crippen molar-refractivity contribution >= 4 is 12.1 Å². The summed E-state index contributed by atoms with van der Waals surface area (Å²) in [6.07, 6.45) is 3.76. The van der Waals surface area contributed by atoms with Gasteiger partial charge in [0.2, 0.25) is 0 Å². The average molecular weight is 405 g/mol. The molecule has 3 aromatic rings. The van der Waals surface area contributed by atoms with Gasteiger partial charge in [0, 0.05) is 5.56 Å². The van der Waals surface area contributed by atoms with Gasteiger partial charge < -0.3 is 4.74 Å². The number of unbranched alkanes of at least 4 members (excludes halogenated alkanes) is 1. The molecular weight excluding hydrogens is 376 g/mol. The Labute approximate surface area is 177 Å². The van der Waals surface area contributed by atoms with Crippen LogP contribution in [0.4, 0.5) is 0 Å². The largest absolute Gasteiger partial charge is 0.494 e. The van der Waals surface area contributed by atoms with Crippen LogP contribution in [-0.2, 0) is 0 Å². The van der Waals surface area contributed by atoms with Gasteiger partial charge in [-0.2, -0.15) is 10.2 Å². The third-order valence-corrected chi connectivity index (χ3v) is 4.72. The van der Waals surface area contributed by atoms with Gasteiger partial charge in [0.15, 0.2) is 0 Å². The summed E-state index contributed by atoms with van der Waals surface area (Å²) in [6, 6.07) is 17.5. The van der Waals surface area contributed by atoms with Crippen LogP contribution >= 0.6 is 0 Å². The zero-order chi connectivity index (χ0) is 21.3. The van der Waals surface area contributed by atoms with Gasteiger partial charge in [-0.3, -0.25) is 9.89 Å². The molecule has 0 spiro atoms. The van der Waals surface area contributed by atoms with Crippen molar-refractivity contribution < 1.29 is 9.53 Å². The van der Waals surface area contributed by atoms with Crippen LogP contribution in [0.25, 0.3) is 11.3 Å². The van der Waals surface area contributed by atoms with E-state index in [9.17, 15) is 4.79 Å². The number of nitrogens with one attached hydrogen (secondary N) is 2. The summed E-state index contributed by atoms with van der Waals surface area (Å²) in [5.74, 6) is 0.967. The third kappa shape index (κ3) is 5.80. The van der Waals surface area contributed by atoms with Crippen LogP contribution in [-0.4, -0.2) is 28.9 Å². The second kappa shape index (κ2) is 10.4. The van der Waals surface area contributed by atoms with E-state index in [1.165, 1.54) is 5.56 Å². The number of carbonyl (C=O) groups is 1. The molecule has 0 fully saturated rings. The second-order valence-corrected chi connectivity index (χ2v) is 7.41. The Balaban J connectivity index is 1.56. The quantitative estimate of drug-likeness (QED) is 0.294. The number of nitrogens with zero attached hydrogens (tertiary/aromatic N) is 2. The summed E-state index contributed by atoms with van der Waals surface area (Å²) in [5.41, 5.74) is 6.66. The predicted molar refractivity (Wildman–Crippen MR) is 120 cm³/mol. The molecule has 0 atom stereocenters. The lowest BCUT2D eigenvalue weighted by Gasteiger charge is -2.05. The molecule has 6 heteroatoms.